The summed E-state index contributed by atoms with van der Waals surface area (Å²) >= 11 is 0. The molecular formula is C21H26N2O6S. The minimum atomic E-state index is -3.95. The number of methoxy groups -OCH3 is 2. The SMILES string of the molecule is CCN1C(=O)C(C)(C)COc2ccc(NS(=O)(=O)c3ccc(OC)cc3OC)cc21. The lowest BCUT2D eigenvalue weighted by atomic mass is 9.93. The Labute approximate surface area is 176 Å². The van der Waals surface area contributed by atoms with Gasteiger partial charge in [0.1, 0.15) is 28.8 Å². The van der Waals surface area contributed by atoms with Crippen LogP contribution in [0, 0.1) is 5.41 Å². The van der Waals surface area contributed by atoms with E-state index >= 15 is 0 Å². The summed E-state index contributed by atoms with van der Waals surface area (Å²) in [7, 11) is -1.08. The van der Waals surface area contributed by atoms with Crippen LogP contribution in [0.5, 0.6) is 17.2 Å². The highest BCUT2D eigenvalue weighted by atomic mass is 32.2. The van der Waals surface area contributed by atoms with Crippen LogP contribution in [0.15, 0.2) is 41.3 Å². The standard InChI is InChI=1S/C21H26N2O6S/c1-6-23-16-11-14(7-9-17(16)29-13-21(2,3)20(23)24)22-30(25,26)19-10-8-15(27-4)12-18(19)28-5/h7-12,22H,6,13H2,1-5H3. The van der Waals surface area contributed by atoms with Crippen LogP contribution in [0.1, 0.15) is 20.8 Å². The number of rotatable bonds is 6. The molecule has 2 aromatic carbocycles. The molecule has 0 radical (unpaired) electrons. The highest BCUT2D eigenvalue weighted by molar-refractivity contribution is 7.92. The highest BCUT2D eigenvalue weighted by Gasteiger charge is 2.37. The molecule has 0 saturated heterocycles. The molecule has 1 aliphatic rings. The average molecular weight is 435 g/mol. The molecule has 2 aromatic rings. The van der Waals surface area contributed by atoms with E-state index in [1.54, 1.807) is 29.2 Å². The first-order valence-electron chi connectivity index (χ1n) is 9.46. The van der Waals surface area contributed by atoms with Crippen LogP contribution in [-0.4, -0.2) is 41.7 Å². The molecule has 0 spiro atoms. The van der Waals surface area contributed by atoms with Crippen molar-refractivity contribution in [2.24, 2.45) is 5.41 Å². The molecule has 0 aliphatic carbocycles. The van der Waals surface area contributed by atoms with Crippen LogP contribution in [-0.2, 0) is 14.8 Å². The van der Waals surface area contributed by atoms with Gasteiger partial charge in [-0.05, 0) is 51.1 Å². The molecular weight excluding hydrogens is 408 g/mol. The Morgan fingerprint density at radius 1 is 1.13 bits per heavy atom. The molecule has 0 atom stereocenters. The normalized spacial score (nSPS) is 15.6. The summed E-state index contributed by atoms with van der Waals surface area (Å²) in [5, 5.41) is 0. The number of amides is 1. The second-order valence-electron chi connectivity index (χ2n) is 7.53. The van der Waals surface area contributed by atoms with E-state index in [4.69, 9.17) is 14.2 Å². The van der Waals surface area contributed by atoms with Gasteiger partial charge in [-0.1, -0.05) is 0 Å². The van der Waals surface area contributed by atoms with E-state index in [2.05, 4.69) is 4.72 Å². The van der Waals surface area contributed by atoms with Crippen LogP contribution in [0.25, 0.3) is 0 Å². The van der Waals surface area contributed by atoms with Crippen LogP contribution >= 0.6 is 0 Å². The van der Waals surface area contributed by atoms with Crippen molar-refractivity contribution in [1.29, 1.82) is 0 Å². The Hall–Kier alpha value is -2.94. The molecule has 30 heavy (non-hydrogen) atoms. The summed E-state index contributed by atoms with van der Waals surface area (Å²) in [6, 6.07) is 9.32. The van der Waals surface area contributed by atoms with Gasteiger partial charge in [0.25, 0.3) is 10.0 Å². The molecule has 0 fully saturated rings. The Kier molecular flexibility index (Phi) is 5.85. The van der Waals surface area contributed by atoms with Crippen LogP contribution in [0.3, 0.4) is 0 Å². The number of benzene rings is 2. The van der Waals surface area contributed by atoms with Gasteiger partial charge in [0.15, 0.2) is 0 Å². The van der Waals surface area contributed by atoms with Crippen molar-refractivity contribution >= 4 is 27.3 Å². The van der Waals surface area contributed by atoms with Crippen molar-refractivity contribution in [1.82, 2.24) is 0 Å². The molecule has 1 N–H and O–H groups in total. The van der Waals surface area contributed by atoms with Crippen molar-refractivity contribution in [3.8, 4) is 17.2 Å². The van der Waals surface area contributed by atoms with Gasteiger partial charge in [0, 0.05) is 12.6 Å². The van der Waals surface area contributed by atoms with Crippen LogP contribution in [0.2, 0.25) is 0 Å². The minimum Gasteiger partial charge on any atom is -0.497 e. The summed E-state index contributed by atoms with van der Waals surface area (Å²) in [6.45, 7) is 6.18. The maximum atomic E-state index is 13.0. The van der Waals surface area contributed by atoms with Crippen molar-refractivity contribution in [2.45, 2.75) is 25.7 Å². The smallest absolute Gasteiger partial charge is 0.265 e. The number of carbonyl (C=O) groups excluding carboxylic acids is 1. The van der Waals surface area contributed by atoms with E-state index < -0.39 is 15.4 Å². The van der Waals surface area contributed by atoms with Gasteiger partial charge in [-0.25, -0.2) is 8.42 Å². The van der Waals surface area contributed by atoms with Crippen LogP contribution < -0.4 is 23.8 Å². The third-order valence-electron chi connectivity index (χ3n) is 4.89. The van der Waals surface area contributed by atoms with Crippen LogP contribution in [0.4, 0.5) is 11.4 Å². The average Bonchev–Trinajstić information content (AvgIpc) is 2.81. The van der Waals surface area contributed by atoms with Crippen molar-refractivity contribution in [2.75, 3.05) is 37.0 Å². The maximum Gasteiger partial charge on any atom is 0.265 e. The Morgan fingerprint density at radius 3 is 2.50 bits per heavy atom. The van der Waals surface area contributed by atoms with Gasteiger partial charge >= 0.3 is 0 Å². The lowest BCUT2D eigenvalue weighted by Gasteiger charge is -2.27. The number of ether oxygens (including phenoxy) is 3. The number of hydrogen-bond donors (Lipinski definition) is 1. The second kappa shape index (κ2) is 8.06. The monoisotopic (exact) mass is 434 g/mol. The number of anilines is 2. The zero-order valence-electron chi connectivity index (χ0n) is 17.7. The number of hydrogen-bond acceptors (Lipinski definition) is 6. The molecule has 1 aliphatic heterocycles. The summed E-state index contributed by atoms with van der Waals surface area (Å²) in [5.41, 5.74) is 0.140. The highest BCUT2D eigenvalue weighted by Crippen LogP contribution is 2.39. The quantitative estimate of drug-likeness (QED) is 0.750. The minimum absolute atomic E-state index is 0.0263. The molecule has 0 unspecified atom stereocenters. The lowest BCUT2D eigenvalue weighted by molar-refractivity contribution is -0.127. The lowest BCUT2D eigenvalue weighted by Crippen LogP contribution is -2.42. The molecule has 8 nitrogen and oxygen atoms in total. The maximum absolute atomic E-state index is 13.0. The topological polar surface area (TPSA) is 94.2 Å². The van der Waals surface area contributed by atoms with Gasteiger partial charge in [0.2, 0.25) is 5.91 Å². The molecule has 162 valence electrons. The van der Waals surface area contributed by atoms with Crippen molar-refractivity contribution < 1.29 is 27.4 Å². The Morgan fingerprint density at radius 2 is 1.87 bits per heavy atom. The fourth-order valence-electron chi connectivity index (χ4n) is 3.23. The van der Waals surface area contributed by atoms with Crippen molar-refractivity contribution in [3.63, 3.8) is 0 Å². The van der Waals surface area contributed by atoms with E-state index in [0.717, 1.165) is 0 Å². The predicted octanol–water partition coefficient (Wildman–Crippen LogP) is 3.28. The molecule has 1 amide bonds. The van der Waals surface area contributed by atoms with Gasteiger partial charge in [-0.2, -0.15) is 0 Å². The molecule has 3 rings (SSSR count). The van der Waals surface area contributed by atoms with Gasteiger partial charge < -0.3 is 19.1 Å². The van der Waals surface area contributed by atoms with Crippen molar-refractivity contribution in [3.05, 3.63) is 36.4 Å². The third-order valence-corrected chi connectivity index (χ3v) is 6.31. The molecule has 0 saturated carbocycles. The van der Waals surface area contributed by atoms with E-state index in [0.29, 0.717) is 29.4 Å². The number of fused-ring (bicyclic) bond motifs is 1. The number of nitrogens with zero attached hydrogens (tertiary/aromatic N) is 1. The molecule has 1 heterocycles. The summed E-state index contributed by atoms with van der Waals surface area (Å²) in [6.07, 6.45) is 0. The van der Waals surface area contributed by atoms with E-state index in [-0.39, 0.29) is 23.2 Å². The number of carbonyl (C=O) groups is 1. The van der Waals surface area contributed by atoms with Gasteiger partial charge in [-0.3, -0.25) is 9.52 Å². The Balaban J connectivity index is 1.99. The second-order valence-corrected chi connectivity index (χ2v) is 9.18. The first kappa shape index (κ1) is 21.8. The van der Waals surface area contributed by atoms with Gasteiger partial charge in [0.05, 0.1) is 31.0 Å². The zero-order valence-corrected chi connectivity index (χ0v) is 18.5. The summed E-state index contributed by atoms with van der Waals surface area (Å²) in [4.78, 5) is 14.5. The van der Waals surface area contributed by atoms with Gasteiger partial charge in [-0.15, -0.1) is 0 Å². The summed E-state index contributed by atoms with van der Waals surface area (Å²) < 4.78 is 44.7. The van der Waals surface area contributed by atoms with E-state index in [9.17, 15) is 13.2 Å². The largest absolute Gasteiger partial charge is 0.497 e. The summed E-state index contributed by atoms with van der Waals surface area (Å²) in [5.74, 6) is 1.08. The molecule has 0 bridgehead atoms. The van der Waals surface area contributed by atoms with E-state index in [1.165, 1.54) is 26.4 Å². The third kappa shape index (κ3) is 4.02. The predicted molar refractivity (Wildman–Crippen MR) is 114 cm³/mol. The zero-order chi connectivity index (χ0) is 22.1. The first-order valence-corrected chi connectivity index (χ1v) is 10.9. The fraction of sp³-hybridized carbons (Fsp3) is 0.381. The molecule has 9 heteroatoms. The Bertz CT molecular complexity index is 1070. The number of nitrogens with one attached hydrogen (secondary N) is 1. The first-order chi connectivity index (χ1) is 14.1. The molecule has 0 aromatic heterocycles. The fourth-order valence-corrected chi connectivity index (χ4v) is 4.43. The van der Waals surface area contributed by atoms with E-state index in [1.807, 2.05) is 20.8 Å². The number of sulfonamides is 1.